The van der Waals surface area contributed by atoms with E-state index in [-0.39, 0.29) is 0 Å². The molecule has 70 heavy (non-hydrogen) atoms. The number of nitrogens with one attached hydrogen (secondary N) is 4. The molecule has 0 amide bonds. The molecule has 14 nitrogen and oxygen atoms in total. The third-order valence-corrected chi connectivity index (χ3v) is 13.3. The van der Waals surface area contributed by atoms with Crippen molar-refractivity contribution in [3.63, 3.8) is 0 Å². The molecular formula is C56H64N8O6. The van der Waals surface area contributed by atoms with Gasteiger partial charge in [-0.05, 0) is 99.4 Å². The molecule has 364 valence electrons. The van der Waals surface area contributed by atoms with Crippen molar-refractivity contribution in [2.45, 2.75) is 111 Å². The third-order valence-electron chi connectivity index (χ3n) is 13.3. The van der Waals surface area contributed by atoms with Crippen LogP contribution in [0.15, 0.2) is 104 Å². The van der Waals surface area contributed by atoms with Gasteiger partial charge < -0.3 is 39.9 Å². The minimum Gasteiger partial charge on any atom is -0.464 e. The predicted octanol–water partition coefficient (Wildman–Crippen LogP) is 13.3. The summed E-state index contributed by atoms with van der Waals surface area (Å²) in [7, 11) is 0. The van der Waals surface area contributed by atoms with Gasteiger partial charge in [0.1, 0.15) is 0 Å². The van der Waals surface area contributed by atoms with Gasteiger partial charge in [-0.1, -0.05) is 93.3 Å². The summed E-state index contributed by atoms with van der Waals surface area (Å²) in [5, 5.41) is 19.5. The second-order valence-electron chi connectivity index (χ2n) is 18.0. The van der Waals surface area contributed by atoms with Crippen molar-refractivity contribution >= 4 is 45.4 Å². The van der Waals surface area contributed by atoms with E-state index in [2.05, 4.69) is 62.0 Å². The number of hydrogen-bond donors (Lipinski definition) is 5. The maximum absolute atomic E-state index is 12.8. The van der Waals surface area contributed by atoms with E-state index >= 15 is 0 Å². The predicted molar refractivity (Wildman–Crippen MR) is 278 cm³/mol. The molecule has 0 aliphatic heterocycles. The van der Waals surface area contributed by atoms with Crippen LogP contribution < -0.4 is 10.6 Å². The van der Waals surface area contributed by atoms with Gasteiger partial charge in [0, 0.05) is 54.7 Å². The van der Waals surface area contributed by atoms with E-state index in [1.54, 1.807) is 25.5 Å². The number of carbonyl (C=O) groups excluding carboxylic acids is 1. The van der Waals surface area contributed by atoms with Gasteiger partial charge in [0.05, 0.1) is 70.4 Å². The van der Waals surface area contributed by atoms with Gasteiger partial charge in [0.2, 0.25) is 0 Å². The fraction of sp³-hybridized carbons (Fsp3) is 0.357. The van der Waals surface area contributed by atoms with Crippen LogP contribution in [0.4, 0.5) is 21.0 Å². The summed E-state index contributed by atoms with van der Waals surface area (Å²) in [5.41, 5.74) is 12.4. The zero-order valence-corrected chi connectivity index (χ0v) is 40.6. The Hall–Kier alpha value is -7.16. The summed E-state index contributed by atoms with van der Waals surface area (Å²) in [4.78, 5) is 41.7. The Bertz CT molecular complexity index is 3050. The normalized spacial score (nSPS) is 14.1. The van der Waals surface area contributed by atoms with E-state index in [4.69, 9.17) is 19.2 Å². The van der Waals surface area contributed by atoms with Crippen LogP contribution in [-0.2, 0) is 33.8 Å². The lowest BCUT2D eigenvalue weighted by atomic mass is 10.0. The smallest absolute Gasteiger partial charge is 0.419 e. The van der Waals surface area contributed by atoms with Gasteiger partial charge in [-0.25, -0.2) is 28.7 Å². The number of nitrogens with zero attached hydrogens (tertiary/aromatic N) is 4. The standard InChI is InChI=1S/2C28H32N4O3/c1-3-20-16-32(28(33)34)27(30-20)24-22-14-18(17-35-4-2)15-23(29-21-12-8-9-13-21)26(22)31-25(24)19-10-6-5-7-11-19;1-3-34-18-19-16-22-24(27-29-14-15-32(27)28(33)35-4-2)25(20-10-6-5-7-11-20)31-26(22)23(17-19)30-21-12-8-9-13-21/h5-7,10-11,14-16,21,29,31H,3-4,8-9,12-13,17H2,1-2H3,(H,33,34);5-7,10-11,14-17,21,30-31H,3-4,8-9,12-13,18H2,1-2H3. The van der Waals surface area contributed by atoms with Crippen LogP contribution in [0.2, 0.25) is 0 Å². The number of carbonyl (C=O) groups is 2. The van der Waals surface area contributed by atoms with Crippen molar-refractivity contribution in [1.29, 1.82) is 0 Å². The van der Waals surface area contributed by atoms with Crippen molar-refractivity contribution in [2.75, 3.05) is 30.5 Å². The van der Waals surface area contributed by atoms with Crippen LogP contribution >= 0.6 is 0 Å². The van der Waals surface area contributed by atoms with Crippen molar-refractivity contribution < 1.29 is 28.9 Å². The number of carboxylic acid groups (broad SMARTS) is 1. The largest absolute Gasteiger partial charge is 0.464 e. The summed E-state index contributed by atoms with van der Waals surface area (Å²) < 4.78 is 19.6. The van der Waals surface area contributed by atoms with Crippen molar-refractivity contribution in [1.82, 2.24) is 29.1 Å². The molecule has 10 rings (SSSR count). The van der Waals surface area contributed by atoms with Crippen LogP contribution in [0.3, 0.4) is 0 Å². The number of aromatic amines is 2. The first-order valence-electron chi connectivity index (χ1n) is 25.0. The lowest BCUT2D eigenvalue weighted by Crippen LogP contribution is -2.15. The Morgan fingerprint density at radius 1 is 0.671 bits per heavy atom. The topological polar surface area (TPSA) is 173 Å². The van der Waals surface area contributed by atoms with E-state index in [9.17, 15) is 14.7 Å². The van der Waals surface area contributed by atoms with E-state index in [1.165, 1.54) is 47.7 Å². The molecule has 0 atom stereocenters. The molecule has 5 N–H and O–H groups in total. The average Bonchev–Trinajstić information content (AvgIpc) is 4.25. The molecule has 2 aliphatic carbocycles. The fourth-order valence-electron chi connectivity index (χ4n) is 9.98. The molecule has 0 spiro atoms. The Balaban J connectivity index is 0.000000174. The summed E-state index contributed by atoms with van der Waals surface area (Å²) in [6.07, 6.45) is 13.7. The molecule has 14 heteroatoms. The highest BCUT2D eigenvalue weighted by molar-refractivity contribution is 6.09. The van der Waals surface area contributed by atoms with Gasteiger partial charge in [0.25, 0.3) is 0 Å². The quantitative estimate of drug-likeness (QED) is 0.0627. The highest BCUT2D eigenvalue weighted by Crippen LogP contribution is 2.44. The monoisotopic (exact) mass is 944 g/mol. The second kappa shape index (κ2) is 22.1. The molecule has 4 aromatic carbocycles. The molecule has 0 radical (unpaired) electrons. The Labute approximate surface area is 408 Å². The highest BCUT2D eigenvalue weighted by Gasteiger charge is 2.27. The number of H-pyrrole nitrogens is 2. The molecular weight excluding hydrogens is 881 g/mol. The molecule has 2 fully saturated rings. The van der Waals surface area contributed by atoms with E-state index in [0.717, 1.165) is 96.5 Å². The number of rotatable bonds is 16. The fourth-order valence-corrected chi connectivity index (χ4v) is 9.98. The lowest BCUT2D eigenvalue weighted by molar-refractivity contribution is 0.134. The van der Waals surface area contributed by atoms with Crippen LogP contribution in [0, 0.1) is 0 Å². The van der Waals surface area contributed by atoms with Gasteiger partial charge >= 0.3 is 12.2 Å². The Morgan fingerprint density at radius 2 is 1.17 bits per heavy atom. The second-order valence-corrected chi connectivity index (χ2v) is 18.0. The molecule has 2 saturated carbocycles. The number of imidazole rings is 2. The molecule has 4 heterocycles. The zero-order valence-electron chi connectivity index (χ0n) is 40.6. The first-order chi connectivity index (χ1) is 34.3. The lowest BCUT2D eigenvalue weighted by Gasteiger charge is -2.16. The van der Waals surface area contributed by atoms with Gasteiger partial charge in [-0.3, -0.25) is 0 Å². The molecule has 0 bridgehead atoms. The number of aryl methyl sites for hydroxylation is 1. The highest BCUT2D eigenvalue weighted by atomic mass is 16.5. The van der Waals surface area contributed by atoms with Crippen LogP contribution in [0.5, 0.6) is 0 Å². The van der Waals surface area contributed by atoms with Crippen LogP contribution in [0.1, 0.15) is 95.9 Å². The summed E-state index contributed by atoms with van der Waals surface area (Å²) >= 11 is 0. The zero-order chi connectivity index (χ0) is 48.6. The van der Waals surface area contributed by atoms with Gasteiger partial charge in [-0.15, -0.1) is 0 Å². The maximum atomic E-state index is 12.8. The third kappa shape index (κ3) is 10.2. The number of ether oxygens (including phenoxy) is 3. The Kier molecular flexibility index (Phi) is 15.1. The van der Waals surface area contributed by atoms with Crippen molar-refractivity contribution in [2.24, 2.45) is 0 Å². The number of aromatic nitrogens is 6. The minimum absolute atomic E-state index is 0.295. The number of fused-ring (bicyclic) bond motifs is 2. The average molecular weight is 945 g/mol. The number of hydrogen-bond acceptors (Lipinski definition) is 9. The minimum atomic E-state index is -1.05. The first-order valence-corrected chi connectivity index (χ1v) is 25.0. The summed E-state index contributed by atoms with van der Waals surface area (Å²) in [6, 6.07) is 29.7. The Morgan fingerprint density at radius 3 is 1.63 bits per heavy atom. The summed E-state index contributed by atoms with van der Waals surface area (Å²) in [6.45, 7) is 10.3. The van der Waals surface area contributed by atoms with Crippen LogP contribution in [0.25, 0.3) is 67.1 Å². The number of anilines is 2. The number of benzene rings is 4. The van der Waals surface area contributed by atoms with Crippen LogP contribution in [-0.4, -0.2) is 78.3 Å². The van der Waals surface area contributed by atoms with E-state index in [1.807, 2.05) is 69.3 Å². The molecule has 0 saturated heterocycles. The molecule has 0 unspecified atom stereocenters. The van der Waals surface area contributed by atoms with Crippen molar-refractivity contribution in [3.8, 4) is 45.3 Å². The molecule has 8 aromatic rings. The first kappa shape index (κ1) is 47.9. The molecule has 2 aliphatic rings. The summed E-state index contributed by atoms with van der Waals surface area (Å²) in [5.74, 6) is 0.980. The van der Waals surface area contributed by atoms with E-state index < -0.39 is 12.2 Å². The van der Waals surface area contributed by atoms with Crippen molar-refractivity contribution in [3.05, 3.63) is 120 Å². The molecule has 4 aromatic heterocycles. The maximum Gasteiger partial charge on any atom is 0.419 e. The SMILES string of the molecule is CCOCc1cc(NC2CCCC2)c2[nH]c(-c3ccccc3)c(-c3nc(CC)cn3C(=O)O)c2c1.CCOCc1cc(NC2CCCC2)c2[nH]c(-c3ccccc3)c(-c3nccn3C(=O)OCC)c2c1. The van der Waals surface area contributed by atoms with Gasteiger partial charge in [-0.2, -0.15) is 0 Å². The van der Waals surface area contributed by atoms with Gasteiger partial charge in [0.15, 0.2) is 11.6 Å². The van der Waals surface area contributed by atoms with E-state index in [0.29, 0.717) is 63.2 Å².